The van der Waals surface area contributed by atoms with Gasteiger partial charge in [0.25, 0.3) is 0 Å². The Bertz CT molecular complexity index is 315. The Hall–Kier alpha value is -0.850. The Morgan fingerprint density at radius 1 is 1.57 bits per heavy atom. The summed E-state index contributed by atoms with van der Waals surface area (Å²) in [6.07, 6.45) is -0.629. The largest absolute Gasteiger partial charge is 0.364 e. The van der Waals surface area contributed by atoms with Crippen LogP contribution in [0.5, 0.6) is 0 Å². The van der Waals surface area contributed by atoms with Crippen molar-refractivity contribution in [1.82, 2.24) is 4.98 Å². The van der Waals surface area contributed by atoms with Crippen molar-refractivity contribution >= 4 is 11.1 Å². The molecule has 2 atom stereocenters. The highest BCUT2D eigenvalue weighted by atomic mass is 32.2. The van der Waals surface area contributed by atoms with Gasteiger partial charge in [-0.1, -0.05) is 6.07 Å². The van der Waals surface area contributed by atoms with Crippen molar-refractivity contribution < 1.29 is 18.3 Å². The molecule has 6 heteroatoms. The quantitative estimate of drug-likeness (QED) is 0.729. The number of hydrogen-bond acceptors (Lipinski definition) is 3. The molecule has 0 saturated carbocycles. The first-order chi connectivity index (χ1) is 6.58. The maximum absolute atomic E-state index is 12.1. The zero-order chi connectivity index (χ0) is 10.6. The minimum Gasteiger partial charge on any atom is -0.364 e. The van der Waals surface area contributed by atoms with Gasteiger partial charge in [-0.15, -0.1) is 0 Å². The molecule has 0 aromatic carbocycles. The zero-order valence-electron chi connectivity index (χ0n) is 7.26. The Labute approximate surface area is 83.1 Å². The summed E-state index contributed by atoms with van der Waals surface area (Å²) in [5, 5.41) is 8.44. The molecule has 0 fully saturated rings. The number of aromatic nitrogens is 1. The first-order valence-electron chi connectivity index (χ1n) is 3.91. The topological polar surface area (TPSA) is 70.4 Å². The van der Waals surface area contributed by atoms with Crippen molar-refractivity contribution in [3.8, 4) is 0 Å². The Kier molecular flexibility index (Phi) is 4.12. The van der Waals surface area contributed by atoms with Crippen molar-refractivity contribution in [2.45, 2.75) is 18.5 Å². The van der Waals surface area contributed by atoms with E-state index in [0.29, 0.717) is 11.3 Å². The number of hydrogen-bond donors (Lipinski definition) is 2. The molecule has 1 heterocycles. The molecule has 1 aromatic heterocycles. The summed E-state index contributed by atoms with van der Waals surface area (Å²) in [6.45, 7) is 0. The molecule has 4 nitrogen and oxygen atoms in total. The third-order valence-electron chi connectivity index (χ3n) is 1.56. The molecular formula is C8H10FNO3S. The average molecular weight is 219 g/mol. The SMILES string of the molecule is O=S(O)Cc1ccc(CC(O)F)cn1. The van der Waals surface area contributed by atoms with Crippen molar-refractivity contribution in [3.63, 3.8) is 0 Å². The Morgan fingerprint density at radius 2 is 2.29 bits per heavy atom. The number of pyridine rings is 1. The van der Waals surface area contributed by atoms with Crippen LogP contribution in [0.1, 0.15) is 11.3 Å². The summed E-state index contributed by atoms with van der Waals surface area (Å²) in [7, 11) is 0. The third-order valence-corrected chi connectivity index (χ3v) is 2.10. The Balaban J connectivity index is 2.63. The van der Waals surface area contributed by atoms with Gasteiger partial charge in [0.1, 0.15) is 0 Å². The third kappa shape index (κ3) is 3.91. The van der Waals surface area contributed by atoms with E-state index in [2.05, 4.69) is 4.98 Å². The van der Waals surface area contributed by atoms with Crippen LogP contribution >= 0.6 is 0 Å². The number of aliphatic hydroxyl groups is 1. The lowest BCUT2D eigenvalue weighted by Crippen LogP contribution is -2.03. The van der Waals surface area contributed by atoms with Gasteiger partial charge in [0.2, 0.25) is 0 Å². The molecule has 0 radical (unpaired) electrons. The van der Waals surface area contributed by atoms with Crippen LogP contribution in [-0.4, -0.2) is 25.2 Å². The van der Waals surface area contributed by atoms with Crippen molar-refractivity contribution in [1.29, 1.82) is 0 Å². The fraction of sp³-hybridized carbons (Fsp3) is 0.375. The van der Waals surface area contributed by atoms with E-state index in [0.717, 1.165) is 0 Å². The molecule has 0 saturated heterocycles. The lowest BCUT2D eigenvalue weighted by atomic mass is 10.2. The van der Waals surface area contributed by atoms with E-state index in [4.69, 9.17) is 9.66 Å². The second-order valence-corrected chi connectivity index (χ2v) is 3.69. The number of aliphatic hydroxyl groups excluding tert-OH is 1. The molecule has 0 bridgehead atoms. The van der Waals surface area contributed by atoms with E-state index in [-0.39, 0.29) is 12.2 Å². The van der Waals surface area contributed by atoms with Crippen LogP contribution in [0.2, 0.25) is 0 Å². The molecule has 2 unspecified atom stereocenters. The summed E-state index contributed by atoms with van der Waals surface area (Å²) >= 11 is -1.92. The first kappa shape index (κ1) is 11.2. The minimum atomic E-state index is -1.92. The molecule has 0 spiro atoms. The fourth-order valence-electron chi connectivity index (χ4n) is 0.982. The van der Waals surface area contributed by atoms with Crippen LogP contribution in [-0.2, 0) is 23.3 Å². The van der Waals surface area contributed by atoms with Crippen molar-refractivity contribution in [2.24, 2.45) is 0 Å². The summed E-state index contributed by atoms with van der Waals surface area (Å²) in [5.74, 6) is -0.0432. The van der Waals surface area contributed by atoms with Gasteiger partial charge in [0, 0.05) is 12.6 Å². The lowest BCUT2D eigenvalue weighted by molar-refractivity contribution is 0.0429. The molecule has 14 heavy (non-hydrogen) atoms. The number of alkyl halides is 1. The maximum atomic E-state index is 12.1. The maximum Gasteiger partial charge on any atom is 0.200 e. The van der Waals surface area contributed by atoms with Gasteiger partial charge in [0.05, 0.1) is 11.4 Å². The van der Waals surface area contributed by atoms with Gasteiger partial charge in [-0.25, -0.2) is 8.60 Å². The van der Waals surface area contributed by atoms with Gasteiger partial charge >= 0.3 is 0 Å². The van der Waals surface area contributed by atoms with Crippen LogP contribution in [0.3, 0.4) is 0 Å². The highest BCUT2D eigenvalue weighted by Crippen LogP contribution is 2.05. The number of rotatable bonds is 4. The van der Waals surface area contributed by atoms with Crippen molar-refractivity contribution in [3.05, 3.63) is 29.6 Å². The lowest BCUT2D eigenvalue weighted by Gasteiger charge is -2.02. The highest BCUT2D eigenvalue weighted by Gasteiger charge is 2.04. The zero-order valence-corrected chi connectivity index (χ0v) is 8.08. The summed E-state index contributed by atoms with van der Waals surface area (Å²) < 4.78 is 31.1. The van der Waals surface area contributed by atoms with Crippen LogP contribution in [0.15, 0.2) is 18.3 Å². The second-order valence-electron chi connectivity index (χ2n) is 2.76. The molecule has 78 valence electrons. The molecule has 0 aliphatic rings. The minimum absolute atomic E-state index is 0.0432. The molecule has 0 aliphatic heterocycles. The van der Waals surface area contributed by atoms with Gasteiger partial charge in [-0.3, -0.25) is 4.98 Å². The molecule has 0 aliphatic carbocycles. The smallest absolute Gasteiger partial charge is 0.200 e. The predicted molar refractivity (Wildman–Crippen MR) is 49.5 cm³/mol. The second kappa shape index (κ2) is 5.14. The standard InChI is InChI=1S/C8H10FNO3S/c9-8(11)3-6-1-2-7(10-4-6)5-14(12)13/h1-2,4,8,11H,3,5H2,(H,12,13). The van der Waals surface area contributed by atoms with Gasteiger partial charge in [-0.2, -0.15) is 0 Å². The van der Waals surface area contributed by atoms with Crippen LogP contribution in [0.25, 0.3) is 0 Å². The summed E-state index contributed by atoms with van der Waals surface area (Å²) in [5.41, 5.74) is 1.01. The van der Waals surface area contributed by atoms with Gasteiger partial charge in [0.15, 0.2) is 17.4 Å². The van der Waals surface area contributed by atoms with E-state index in [9.17, 15) is 8.60 Å². The van der Waals surface area contributed by atoms with Crippen LogP contribution < -0.4 is 0 Å². The molecule has 2 N–H and O–H groups in total. The first-order valence-corrected chi connectivity index (χ1v) is 5.19. The monoisotopic (exact) mass is 219 g/mol. The van der Waals surface area contributed by atoms with Crippen LogP contribution in [0.4, 0.5) is 4.39 Å². The molecule has 1 rings (SSSR count). The van der Waals surface area contributed by atoms with Gasteiger partial charge in [-0.05, 0) is 11.6 Å². The van der Waals surface area contributed by atoms with Crippen molar-refractivity contribution in [2.75, 3.05) is 0 Å². The number of halogens is 1. The summed E-state index contributed by atoms with van der Waals surface area (Å²) in [4.78, 5) is 3.84. The normalized spacial score (nSPS) is 15.1. The fourth-order valence-corrected chi connectivity index (χ4v) is 1.41. The van der Waals surface area contributed by atoms with E-state index in [1.165, 1.54) is 12.3 Å². The average Bonchev–Trinajstić information content (AvgIpc) is 2.06. The van der Waals surface area contributed by atoms with Gasteiger partial charge < -0.3 is 9.66 Å². The Morgan fingerprint density at radius 3 is 2.71 bits per heavy atom. The van der Waals surface area contributed by atoms with E-state index in [1.807, 2.05) is 0 Å². The molecule has 0 amide bonds. The predicted octanol–water partition coefficient (Wildman–Crippen LogP) is 0.634. The van der Waals surface area contributed by atoms with E-state index >= 15 is 0 Å². The van der Waals surface area contributed by atoms with E-state index < -0.39 is 17.4 Å². The van der Waals surface area contributed by atoms with Crippen LogP contribution in [0, 0.1) is 0 Å². The molecule has 1 aromatic rings. The summed E-state index contributed by atoms with van der Waals surface area (Å²) in [6, 6.07) is 3.10. The van der Waals surface area contributed by atoms with E-state index in [1.54, 1.807) is 6.07 Å². The number of nitrogens with zero attached hydrogens (tertiary/aromatic N) is 1. The highest BCUT2D eigenvalue weighted by molar-refractivity contribution is 7.78. The molecular weight excluding hydrogens is 209 g/mol.